The molecule has 0 heterocycles. The lowest BCUT2D eigenvalue weighted by Gasteiger charge is -2.18. The molecule has 1 aromatic carbocycles. The molecule has 0 radical (unpaired) electrons. The van der Waals surface area contributed by atoms with Gasteiger partial charge in [0, 0.05) is 22.7 Å². The first-order valence-electron chi connectivity index (χ1n) is 5.62. The fraction of sp³-hybridized carbons (Fsp3) is 0.462. The van der Waals surface area contributed by atoms with Gasteiger partial charge in [-0.3, -0.25) is 4.79 Å². The van der Waals surface area contributed by atoms with Crippen molar-refractivity contribution >= 4 is 40.1 Å². The molecule has 0 atom stereocenters. The lowest BCUT2D eigenvalue weighted by molar-refractivity contribution is 0.0789. The predicted molar refractivity (Wildman–Crippen MR) is 80.6 cm³/mol. The maximum atomic E-state index is 12.1. The Morgan fingerprint density at radius 3 is 2.65 bits per heavy atom. The van der Waals surface area contributed by atoms with Gasteiger partial charge in [-0.25, -0.2) is 0 Å². The van der Waals surface area contributed by atoms with Gasteiger partial charge in [-0.05, 0) is 53.1 Å². The minimum Gasteiger partial charge on any atom is -0.342 e. The summed E-state index contributed by atoms with van der Waals surface area (Å²) < 4.78 is 0.964. The molecule has 0 saturated carbocycles. The Balaban J connectivity index is 2.71. The van der Waals surface area contributed by atoms with E-state index in [0.29, 0.717) is 16.5 Å². The van der Waals surface area contributed by atoms with Gasteiger partial charge in [0.2, 0.25) is 0 Å². The summed E-state index contributed by atoms with van der Waals surface area (Å²) in [6.45, 7) is 5.08. The van der Waals surface area contributed by atoms with E-state index < -0.39 is 0 Å². The van der Waals surface area contributed by atoms with E-state index in [4.69, 9.17) is 11.6 Å². The van der Waals surface area contributed by atoms with Crippen molar-refractivity contribution in [3.05, 3.63) is 32.4 Å². The first-order chi connectivity index (χ1) is 7.91. The summed E-state index contributed by atoms with van der Waals surface area (Å²) in [7, 11) is 1.83. The zero-order valence-corrected chi connectivity index (χ0v) is 13.2. The highest BCUT2D eigenvalue weighted by Crippen LogP contribution is 2.20. The van der Waals surface area contributed by atoms with Gasteiger partial charge in [-0.2, -0.15) is 0 Å². The van der Waals surface area contributed by atoms with Crippen LogP contribution in [-0.2, 0) is 0 Å². The Labute approximate surface area is 121 Å². The van der Waals surface area contributed by atoms with Crippen molar-refractivity contribution in [3.63, 3.8) is 0 Å². The van der Waals surface area contributed by atoms with Crippen molar-refractivity contribution in [3.8, 4) is 0 Å². The Kier molecular flexibility index (Phi) is 5.73. The van der Waals surface area contributed by atoms with Crippen LogP contribution in [0.25, 0.3) is 0 Å². The summed E-state index contributed by atoms with van der Waals surface area (Å²) in [5, 5.41) is 0.633. The zero-order chi connectivity index (χ0) is 13.0. The number of nitrogens with zero attached hydrogens (tertiary/aromatic N) is 1. The topological polar surface area (TPSA) is 20.3 Å². The van der Waals surface area contributed by atoms with Crippen molar-refractivity contribution < 1.29 is 4.79 Å². The second kappa shape index (κ2) is 6.59. The molecule has 0 N–H and O–H groups in total. The number of carbonyl (C=O) groups is 1. The summed E-state index contributed by atoms with van der Waals surface area (Å²) in [5.74, 6) is 0.634. The first kappa shape index (κ1) is 14.8. The molecule has 4 heteroatoms. The Hall–Kier alpha value is -0.290. The largest absolute Gasteiger partial charge is 0.342 e. The third kappa shape index (κ3) is 4.47. The fourth-order valence-corrected chi connectivity index (χ4v) is 1.92. The molecule has 2 nitrogen and oxygen atoms in total. The van der Waals surface area contributed by atoms with Gasteiger partial charge in [0.15, 0.2) is 0 Å². The van der Waals surface area contributed by atoms with E-state index in [-0.39, 0.29) is 5.91 Å². The van der Waals surface area contributed by atoms with Crippen LogP contribution < -0.4 is 0 Å². The van der Waals surface area contributed by atoms with E-state index in [0.717, 1.165) is 16.5 Å². The van der Waals surface area contributed by atoms with E-state index in [1.165, 1.54) is 0 Å². The summed E-state index contributed by atoms with van der Waals surface area (Å²) in [6, 6.07) is 5.42. The fourth-order valence-electron chi connectivity index (χ4n) is 1.40. The van der Waals surface area contributed by atoms with Crippen molar-refractivity contribution in [2.45, 2.75) is 20.3 Å². The Morgan fingerprint density at radius 1 is 1.47 bits per heavy atom. The van der Waals surface area contributed by atoms with Crippen LogP contribution in [-0.4, -0.2) is 24.4 Å². The summed E-state index contributed by atoms with van der Waals surface area (Å²) in [5.41, 5.74) is 0.654. The van der Waals surface area contributed by atoms with E-state index >= 15 is 0 Å². The standard InChI is InChI=1S/C13H17ClINO/c1-9(2)6-7-16(3)13(17)10-4-5-12(15)11(14)8-10/h4-5,8-9H,6-7H2,1-3H3. The molecule has 0 saturated heterocycles. The summed E-state index contributed by atoms with van der Waals surface area (Å²) >= 11 is 8.16. The number of benzene rings is 1. The van der Waals surface area contributed by atoms with Crippen LogP contribution in [0.2, 0.25) is 5.02 Å². The van der Waals surface area contributed by atoms with E-state index in [2.05, 4.69) is 36.4 Å². The summed E-state index contributed by atoms with van der Waals surface area (Å²) in [6.07, 6.45) is 1.01. The molecule has 1 rings (SSSR count). The molecule has 0 fully saturated rings. The number of carbonyl (C=O) groups excluding carboxylic acids is 1. The molecule has 0 aliphatic heterocycles. The van der Waals surface area contributed by atoms with E-state index in [1.54, 1.807) is 11.0 Å². The summed E-state index contributed by atoms with van der Waals surface area (Å²) in [4.78, 5) is 13.8. The minimum absolute atomic E-state index is 0.0314. The van der Waals surface area contributed by atoms with E-state index in [9.17, 15) is 4.79 Å². The Morgan fingerprint density at radius 2 is 2.12 bits per heavy atom. The maximum absolute atomic E-state index is 12.1. The molecule has 0 aromatic heterocycles. The van der Waals surface area contributed by atoms with Crippen molar-refractivity contribution in [2.75, 3.05) is 13.6 Å². The number of amides is 1. The normalized spacial score (nSPS) is 10.7. The molecule has 1 amide bonds. The molecule has 0 spiro atoms. The second-order valence-electron chi connectivity index (χ2n) is 4.54. The Bertz CT molecular complexity index is 406. The highest BCUT2D eigenvalue weighted by atomic mass is 127. The quantitative estimate of drug-likeness (QED) is 0.737. The number of hydrogen-bond donors (Lipinski definition) is 0. The highest BCUT2D eigenvalue weighted by Gasteiger charge is 2.13. The average Bonchev–Trinajstić information content (AvgIpc) is 2.28. The monoisotopic (exact) mass is 365 g/mol. The molecule has 17 heavy (non-hydrogen) atoms. The number of hydrogen-bond acceptors (Lipinski definition) is 1. The second-order valence-corrected chi connectivity index (χ2v) is 6.11. The van der Waals surface area contributed by atoms with Gasteiger partial charge in [0.25, 0.3) is 5.91 Å². The third-order valence-electron chi connectivity index (χ3n) is 2.56. The molecule has 1 aromatic rings. The van der Waals surface area contributed by atoms with Crippen LogP contribution >= 0.6 is 34.2 Å². The number of halogens is 2. The van der Waals surface area contributed by atoms with E-state index in [1.807, 2.05) is 19.2 Å². The van der Waals surface area contributed by atoms with Crippen LogP contribution in [0.5, 0.6) is 0 Å². The van der Waals surface area contributed by atoms with Crippen molar-refractivity contribution in [1.82, 2.24) is 4.90 Å². The van der Waals surface area contributed by atoms with Gasteiger partial charge in [-0.1, -0.05) is 25.4 Å². The molecule has 0 aliphatic carbocycles. The molecule has 0 unspecified atom stereocenters. The first-order valence-corrected chi connectivity index (χ1v) is 7.08. The van der Waals surface area contributed by atoms with Crippen LogP contribution in [0.15, 0.2) is 18.2 Å². The predicted octanol–water partition coefficient (Wildman–Crippen LogP) is 4.06. The SMILES string of the molecule is CC(C)CCN(C)C(=O)c1ccc(I)c(Cl)c1. The van der Waals surface area contributed by atoms with Crippen molar-refractivity contribution in [2.24, 2.45) is 5.92 Å². The van der Waals surface area contributed by atoms with Gasteiger partial charge in [0.1, 0.15) is 0 Å². The smallest absolute Gasteiger partial charge is 0.253 e. The molecule has 0 aliphatic rings. The van der Waals surface area contributed by atoms with Crippen LogP contribution in [0, 0.1) is 9.49 Å². The van der Waals surface area contributed by atoms with Crippen LogP contribution in [0.3, 0.4) is 0 Å². The molecule has 0 bridgehead atoms. The zero-order valence-electron chi connectivity index (χ0n) is 10.3. The minimum atomic E-state index is 0.0314. The molecule has 94 valence electrons. The maximum Gasteiger partial charge on any atom is 0.253 e. The van der Waals surface area contributed by atoms with Crippen LogP contribution in [0.4, 0.5) is 0 Å². The van der Waals surface area contributed by atoms with Crippen LogP contribution in [0.1, 0.15) is 30.6 Å². The van der Waals surface area contributed by atoms with Gasteiger partial charge < -0.3 is 4.90 Å². The molecular formula is C13H17ClINO. The van der Waals surface area contributed by atoms with Gasteiger partial charge >= 0.3 is 0 Å². The lowest BCUT2D eigenvalue weighted by atomic mass is 10.1. The number of rotatable bonds is 4. The van der Waals surface area contributed by atoms with Crippen molar-refractivity contribution in [1.29, 1.82) is 0 Å². The lowest BCUT2D eigenvalue weighted by Crippen LogP contribution is -2.28. The third-order valence-corrected chi connectivity index (χ3v) is 4.13. The average molecular weight is 366 g/mol. The van der Waals surface area contributed by atoms with Gasteiger partial charge in [0.05, 0.1) is 5.02 Å². The highest BCUT2D eigenvalue weighted by molar-refractivity contribution is 14.1. The molecular weight excluding hydrogens is 349 g/mol. The van der Waals surface area contributed by atoms with Gasteiger partial charge in [-0.15, -0.1) is 0 Å².